The molecule has 1 rings (SSSR count). The van der Waals surface area contributed by atoms with Crippen molar-refractivity contribution in [1.29, 1.82) is 5.26 Å². The van der Waals surface area contributed by atoms with Gasteiger partial charge in [-0.25, -0.2) is 0 Å². The average molecular weight is 188 g/mol. The second kappa shape index (κ2) is 7.69. The van der Waals surface area contributed by atoms with Gasteiger partial charge in [-0.3, -0.25) is 4.99 Å². The van der Waals surface area contributed by atoms with Crippen molar-refractivity contribution in [2.75, 3.05) is 0 Å². The van der Waals surface area contributed by atoms with Crippen LogP contribution < -0.4 is 0 Å². The quantitative estimate of drug-likeness (QED) is 0.528. The van der Waals surface area contributed by atoms with E-state index in [-0.39, 0.29) is 0 Å². The molecule has 0 bridgehead atoms. The fraction of sp³-hybridized carbons (Fsp3) is 0.182. The third-order valence-electron chi connectivity index (χ3n) is 1.40. The average Bonchev–Trinajstić information content (AvgIpc) is 2.21. The molecule has 72 valence electrons. The van der Waals surface area contributed by atoms with E-state index in [1.54, 1.807) is 0 Å². The third kappa shape index (κ3) is 4.83. The highest BCUT2D eigenvalue weighted by atomic mass is 16.1. The Morgan fingerprint density at radius 1 is 1.50 bits per heavy atom. The van der Waals surface area contributed by atoms with Crippen molar-refractivity contribution in [3.05, 3.63) is 29.8 Å². The van der Waals surface area contributed by atoms with E-state index >= 15 is 0 Å². The van der Waals surface area contributed by atoms with Crippen LogP contribution in [0.2, 0.25) is 0 Å². The van der Waals surface area contributed by atoms with Gasteiger partial charge in [0.15, 0.2) is 0 Å². The summed E-state index contributed by atoms with van der Waals surface area (Å²) in [5, 5.41) is 8.36. The Bertz CT molecular complexity index is 322. The van der Waals surface area contributed by atoms with Crippen LogP contribution in [0.5, 0.6) is 0 Å². The number of aliphatic imine (C=N–C) groups is 1. The van der Waals surface area contributed by atoms with Gasteiger partial charge in [0.25, 0.3) is 0 Å². The Kier molecular flexibility index (Phi) is 6.62. The molecule has 3 nitrogen and oxygen atoms in total. The van der Waals surface area contributed by atoms with E-state index < -0.39 is 0 Å². The molecule has 3 heteroatoms. The summed E-state index contributed by atoms with van der Waals surface area (Å²) in [6.45, 7) is 4.84. The zero-order valence-electron chi connectivity index (χ0n) is 8.10. The molecule has 0 N–H and O–H groups in total. The zero-order chi connectivity index (χ0) is 10.8. The lowest BCUT2D eigenvalue weighted by molar-refractivity contribution is -0.106. The highest BCUT2D eigenvalue weighted by Gasteiger charge is 1.90. The van der Waals surface area contributed by atoms with Crippen molar-refractivity contribution in [2.24, 2.45) is 4.99 Å². The number of benzene rings is 1. The molecular weight excluding hydrogens is 176 g/mol. The van der Waals surface area contributed by atoms with E-state index in [4.69, 9.17) is 10.1 Å². The van der Waals surface area contributed by atoms with E-state index in [9.17, 15) is 0 Å². The molecule has 0 spiro atoms. The molecule has 0 fully saturated rings. The summed E-state index contributed by atoms with van der Waals surface area (Å²) in [6.07, 6.45) is 1.21. The molecule has 0 heterocycles. The second-order valence-electron chi connectivity index (χ2n) is 2.40. The molecule has 14 heavy (non-hydrogen) atoms. The van der Waals surface area contributed by atoms with E-state index in [0.29, 0.717) is 6.42 Å². The standard InChI is InChI=1S/C9H8N2.C2H4O/c1-11-9-4-2-8(3-5-9)6-7-10;1-2-3/h2-5H,1,6H2;2H,1H3. The first-order valence-electron chi connectivity index (χ1n) is 4.10. The van der Waals surface area contributed by atoms with Crippen molar-refractivity contribution in [2.45, 2.75) is 13.3 Å². The van der Waals surface area contributed by atoms with Gasteiger partial charge in [0.05, 0.1) is 18.2 Å². The van der Waals surface area contributed by atoms with Crippen LogP contribution >= 0.6 is 0 Å². The summed E-state index contributed by atoms with van der Waals surface area (Å²) in [4.78, 5) is 12.5. The molecule has 0 aliphatic carbocycles. The SMILES string of the molecule is C=Nc1ccc(CC#N)cc1.CC=O. The molecule has 0 aliphatic rings. The van der Waals surface area contributed by atoms with Crippen molar-refractivity contribution in [3.63, 3.8) is 0 Å². The van der Waals surface area contributed by atoms with Gasteiger partial charge in [-0.15, -0.1) is 0 Å². The van der Waals surface area contributed by atoms with Crippen LogP contribution in [-0.2, 0) is 11.2 Å². The number of aldehydes is 1. The first kappa shape index (κ1) is 12.0. The lowest BCUT2D eigenvalue weighted by Gasteiger charge is -1.93. The van der Waals surface area contributed by atoms with Crippen molar-refractivity contribution >= 4 is 18.7 Å². The Balaban J connectivity index is 0.000000500. The van der Waals surface area contributed by atoms with Crippen molar-refractivity contribution < 1.29 is 4.79 Å². The maximum atomic E-state index is 8.81. The molecule has 0 saturated heterocycles. The Labute approximate surface area is 83.7 Å². The van der Waals surface area contributed by atoms with E-state index in [1.165, 1.54) is 6.92 Å². The predicted molar refractivity (Wildman–Crippen MR) is 56.7 cm³/mol. The highest BCUT2D eigenvalue weighted by Crippen LogP contribution is 2.11. The Morgan fingerprint density at radius 2 is 2.00 bits per heavy atom. The molecule has 1 aromatic rings. The van der Waals surface area contributed by atoms with Gasteiger partial charge in [-0.2, -0.15) is 5.26 Å². The van der Waals surface area contributed by atoms with Crippen molar-refractivity contribution in [1.82, 2.24) is 0 Å². The van der Waals surface area contributed by atoms with Crippen molar-refractivity contribution in [3.8, 4) is 6.07 Å². The summed E-state index contributed by atoms with van der Waals surface area (Å²) >= 11 is 0. The molecule has 0 unspecified atom stereocenters. The molecule has 0 aliphatic heterocycles. The minimum atomic E-state index is 0.456. The van der Waals surface area contributed by atoms with Crippen LogP contribution in [0.4, 0.5) is 5.69 Å². The van der Waals surface area contributed by atoms with E-state index in [1.807, 2.05) is 24.3 Å². The summed E-state index contributed by atoms with van der Waals surface area (Å²) in [5.41, 5.74) is 1.85. The molecule has 0 aromatic heterocycles. The first-order valence-corrected chi connectivity index (χ1v) is 4.10. The number of hydrogen-bond donors (Lipinski definition) is 0. The summed E-state index contributed by atoms with van der Waals surface area (Å²) in [7, 11) is 0. The number of carbonyl (C=O) groups is 1. The fourth-order valence-corrected chi connectivity index (χ4v) is 0.810. The maximum absolute atomic E-state index is 8.81. The predicted octanol–water partition coefficient (Wildman–Crippen LogP) is 2.29. The minimum Gasteiger partial charge on any atom is -0.304 e. The Hall–Kier alpha value is -1.95. The highest BCUT2D eigenvalue weighted by molar-refractivity contribution is 5.46. The molecular formula is C11H12N2O. The zero-order valence-corrected chi connectivity index (χ0v) is 8.10. The van der Waals surface area contributed by atoms with Gasteiger partial charge in [-0.05, 0) is 31.3 Å². The lowest BCUT2D eigenvalue weighted by Crippen LogP contribution is -1.77. The van der Waals surface area contributed by atoms with Gasteiger partial charge >= 0.3 is 0 Å². The number of carbonyl (C=O) groups excluding carboxylic acids is 1. The van der Waals surface area contributed by atoms with Crippen LogP contribution in [0.25, 0.3) is 0 Å². The molecule has 0 atom stereocenters. The van der Waals surface area contributed by atoms with Gasteiger partial charge in [0, 0.05) is 0 Å². The van der Waals surface area contributed by atoms with E-state index in [2.05, 4.69) is 17.8 Å². The smallest absolute Gasteiger partial charge is 0.116 e. The van der Waals surface area contributed by atoms with Crippen LogP contribution in [0.1, 0.15) is 12.5 Å². The van der Waals surface area contributed by atoms with Crippen LogP contribution in [-0.4, -0.2) is 13.0 Å². The fourth-order valence-electron chi connectivity index (χ4n) is 0.810. The molecule has 1 aromatic carbocycles. The molecule has 0 radical (unpaired) electrons. The van der Waals surface area contributed by atoms with Crippen LogP contribution in [0, 0.1) is 11.3 Å². The van der Waals surface area contributed by atoms with Gasteiger partial charge in [0.2, 0.25) is 0 Å². The van der Waals surface area contributed by atoms with Gasteiger partial charge in [-0.1, -0.05) is 12.1 Å². The summed E-state index contributed by atoms with van der Waals surface area (Å²) < 4.78 is 0. The topological polar surface area (TPSA) is 53.2 Å². The number of nitrogens with zero attached hydrogens (tertiary/aromatic N) is 2. The summed E-state index contributed by atoms with van der Waals surface area (Å²) in [6, 6.07) is 9.53. The monoisotopic (exact) mass is 188 g/mol. The number of nitriles is 1. The van der Waals surface area contributed by atoms with Crippen LogP contribution in [0.15, 0.2) is 29.3 Å². The van der Waals surface area contributed by atoms with Crippen LogP contribution in [0.3, 0.4) is 0 Å². The molecule has 0 amide bonds. The molecule has 0 saturated carbocycles. The second-order valence-corrected chi connectivity index (χ2v) is 2.40. The third-order valence-corrected chi connectivity index (χ3v) is 1.40. The number of rotatable bonds is 2. The largest absolute Gasteiger partial charge is 0.304 e. The minimum absolute atomic E-state index is 0.456. The Morgan fingerprint density at radius 3 is 2.36 bits per heavy atom. The van der Waals surface area contributed by atoms with Gasteiger partial charge in [0.1, 0.15) is 6.29 Å². The first-order chi connectivity index (χ1) is 6.78. The van der Waals surface area contributed by atoms with E-state index in [0.717, 1.165) is 17.5 Å². The van der Waals surface area contributed by atoms with Gasteiger partial charge < -0.3 is 4.79 Å². The normalized spacial score (nSPS) is 7.71. The summed E-state index contributed by atoms with van der Waals surface area (Å²) in [5.74, 6) is 0. The number of hydrogen-bond acceptors (Lipinski definition) is 3. The maximum Gasteiger partial charge on any atom is 0.116 e. The lowest BCUT2D eigenvalue weighted by atomic mass is 10.1.